The van der Waals surface area contributed by atoms with E-state index >= 15 is 0 Å². The lowest BCUT2D eigenvalue weighted by molar-refractivity contribution is 0.249. The first-order valence-corrected chi connectivity index (χ1v) is 11.1. The molecule has 0 fully saturated rings. The predicted molar refractivity (Wildman–Crippen MR) is 125 cm³/mol. The summed E-state index contributed by atoms with van der Waals surface area (Å²) in [4.78, 5) is 20.7. The largest absolute Gasteiger partial charge is 0.476 e. The van der Waals surface area contributed by atoms with Gasteiger partial charge in [-0.05, 0) is 37.6 Å². The molecule has 3 aromatic heterocycles. The Balaban J connectivity index is 1.68. The minimum Gasteiger partial charge on any atom is -0.476 e. The molecule has 0 aliphatic carbocycles. The Kier molecular flexibility index (Phi) is 6.66. The Morgan fingerprint density at radius 3 is 2.84 bits per heavy atom. The van der Waals surface area contributed by atoms with Crippen LogP contribution in [0.4, 0.5) is 17.5 Å². The van der Waals surface area contributed by atoms with Gasteiger partial charge in [-0.1, -0.05) is 13.8 Å². The van der Waals surface area contributed by atoms with Gasteiger partial charge in [-0.3, -0.25) is 0 Å². The molecular weight excluding hydrogens is 406 g/mol. The number of anilines is 3. The maximum atomic E-state index is 9.72. The number of likely N-dealkylation sites (N-methyl/N-ethyl adjacent to an activating group) is 1. The zero-order valence-electron chi connectivity index (χ0n) is 19.1. The van der Waals surface area contributed by atoms with Gasteiger partial charge in [0.15, 0.2) is 5.82 Å². The number of fused-ring (bicyclic) bond motifs is 2. The lowest BCUT2D eigenvalue weighted by Gasteiger charge is -2.25. The van der Waals surface area contributed by atoms with E-state index in [0.29, 0.717) is 29.8 Å². The highest BCUT2D eigenvalue weighted by Crippen LogP contribution is 2.31. The van der Waals surface area contributed by atoms with E-state index in [9.17, 15) is 5.11 Å². The third-order valence-corrected chi connectivity index (χ3v) is 5.68. The molecule has 0 unspecified atom stereocenters. The molecule has 32 heavy (non-hydrogen) atoms. The average molecular weight is 438 g/mol. The molecule has 1 atom stereocenters. The quantitative estimate of drug-likeness (QED) is 0.490. The van der Waals surface area contributed by atoms with Gasteiger partial charge in [0.05, 0.1) is 24.9 Å². The molecule has 4 heterocycles. The lowest BCUT2D eigenvalue weighted by atomic mass is 10.1. The van der Waals surface area contributed by atoms with Gasteiger partial charge in [0.25, 0.3) is 0 Å². The van der Waals surface area contributed by atoms with Crippen molar-refractivity contribution in [3.8, 4) is 5.88 Å². The molecule has 3 N–H and O–H groups in total. The van der Waals surface area contributed by atoms with E-state index in [0.717, 1.165) is 36.3 Å². The van der Waals surface area contributed by atoms with Crippen LogP contribution in [0.25, 0.3) is 10.9 Å². The molecular formula is C23H31N7O2. The van der Waals surface area contributed by atoms with Crippen molar-refractivity contribution in [2.45, 2.75) is 39.8 Å². The molecule has 0 saturated heterocycles. The van der Waals surface area contributed by atoms with Gasteiger partial charge in [-0.2, -0.15) is 0 Å². The molecule has 1 aliphatic rings. The molecule has 170 valence electrons. The van der Waals surface area contributed by atoms with Crippen molar-refractivity contribution in [3.63, 3.8) is 0 Å². The third-order valence-electron chi connectivity index (χ3n) is 5.68. The summed E-state index contributed by atoms with van der Waals surface area (Å²) in [5.74, 6) is 1.86. The number of rotatable bonds is 8. The predicted octanol–water partition coefficient (Wildman–Crippen LogP) is 2.98. The van der Waals surface area contributed by atoms with Crippen molar-refractivity contribution in [1.82, 2.24) is 24.8 Å². The lowest BCUT2D eigenvalue weighted by Crippen LogP contribution is -2.30. The number of hydrogen-bond acceptors (Lipinski definition) is 9. The summed E-state index contributed by atoms with van der Waals surface area (Å²) in [5.41, 5.74) is 3.69. The van der Waals surface area contributed by atoms with Crippen LogP contribution >= 0.6 is 0 Å². The van der Waals surface area contributed by atoms with E-state index in [-0.39, 0.29) is 18.6 Å². The Hall–Kier alpha value is -3.04. The normalized spacial score (nSPS) is 14.9. The summed E-state index contributed by atoms with van der Waals surface area (Å²) in [7, 11) is 2.11. The van der Waals surface area contributed by atoms with Crippen LogP contribution in [0.5, 0.6) is 5.88 Å². The molecule has 9 nitrogen and oxygen atoms in total. The SMILES string of the molecule is CCOc1nc2c(cc1Nc1ncc3ccnc(N[C@@H](CO)C(C)C)c3n1)CN(C)CC2. The van der Waals surface area contributed by atoms with Crippen molar-refractivity contribution in [1.29, 1.82) is 0 Å². The van der Waals surface area contributed by atoms with Crippen molar-refractivity contribution < 1.29 is 9.84 Å². The highest BCUT2D eigenvalue weighted by Gasteiger charge is 2.20. The maximum absolute atomic E-state index is 9.72. The van der Waals surface area contributed by atoms with Crippen LogP contribution in [0.2, 0.25) is 0 Å². The van der Waals surface area contributed by atoms with Gasteiger partial charge in [0.1, 0.15) is 11.2 Å². The van der Waals surface area contributed by atoms with Gasteiger partial charge in [0.2, 0.25) is 11.8 Å². The number of hydrogen-bond donors (Lipinski definition) is 3. The van der Waals surface area contributed by atoms with Crippen LogP contribution in [0, 0.1) is 5.92 Å². The first-order chi connectivity index (χ1) is 15.5. The Morgan fingerprint density at radius 1 is 1.25 bits per heavy atom. The number of nitrogens with zero attached hydrogens (tertiary/aromatic N) is 5. The molecule has 9 heteroatoms. The second-order valence-electron chi connectivity index (χ2n) is 8.46. The molecule has 0 radical (unpaired) electrons. The first kappa shape index (κ1) is 22.2. The van der Waals surface area contributed by atoms with Crippen LogP contribution in [0.3, 0.4) is 0 Å². The minimum atomic E-state index is -0.120. The summed E-state index contributed by atoms with van der Waals surface area (Å²) >= 11 is 0. The van der Waals surface area contributed by atoms with Crippen molar-refractivity contribution >= 4 is 28.4 Å². The average Bonchev–Trinajstić information content (AvgIpc) is 2.78. The number of aliphatic hydroxyl groups is 1. The standard InChI is InChI=1S/C23H31N7O2/c1-5-32-22-18(10-16-12-30(4)9-7-17(16)27-22)28-23-25-11-15-6-8-24-21(20(15)29-23)26-19(13-31)14(2)3/h6,8,10-11,14,19,31H,5,7,9,12-13H2,1-4H3,(H,24,26)(H,25,28,29)/t19-/m0/s1. The van der Waals surface area contributed by atoms with Gasteiger partial charge < -0.3 is 25.4 Å². The first-order valence-electron chi connectivity index (χ1n) is 11.1. The van der Waals surface area contributed by atoms with E-state index in [1.165, 1.54) is 5.56 Å². The fraction of sp³-hybridized carbons (Fsp3) is 0.478. The van der Waals surface area contributed by atoms with Gasteiger partial charge in [-0.15, -0.1) is 0 Å². The molecule has 0 aromatic carbocycles. The van der Waals surface area contributed by atoms with E-state index in [4.69, 9.17) is 14.7 Å². The maximum Gasteiger partial charge on any atom is 0.238 e. The highest BCUT2D eigenvalue weighted by atomic mass is 16.5. The third kappa shape index (κ3) is 4.73. The molecule has 1 aliphatic heterocycles. The zero-order chi connectivity index (χ0) is 22.7. The van der Waals surface area contributed by atoms with E-state index in [2.05, 4.69) is 52.5 Å². The summed E-state index contributed by atoms with van der Waals surface area (Å²) < 4.78 is 5.81. The van der Waals surface area contributed by atoms with Gasteiger partial charge in [0, 0.05) is 37.3 Å². The zero-order valence-corrected chi connectivity index (χ0v) is 19.1. The van der Waals surface area contributed by atoms with Gasteiger partial charge >= 0.3 is 0 Å². The van der Waals surface area contributed by atoms with Crippen LogP contribution in [-0.2, 0) is 13.0 Å². The molecule has 3 aromatic rings. The highest BCUT2D eigenvalue weighted by molar-refractivity contribution is 5.88. The summed E-state index contributed by atoms with van der Waals surface area (Å²) in [6.07, 6.45) is 4.38. The summed E-state index contributed by atoms with van der Waals surface area (Å²) in [5, 5.41) is 17.2. The smallest absolute Gasteiger partial charge is 0.238 e. The van der Waals surface area contributed by atoms with Crippen LogP contribution in [0.1, 0.15) is 32.0 Å². The van der Waals surface area contributed by atoms with Crippen molar-refractivity contribution in [2.75, 3.05) is 37.4 Å². The minimum absolute atomic E-state index is 0.0128. The second-order valence-corrected chi connectivity index (χ2v) is 8.46. The summed E-state index contributed by atoms with van der Waals surface area (Å²) in [6, 6.07) is 3.83. The number of aromatic nitrogens is 4. The van der Waals surface area contributed by atoms with E-state index < -0.39 is 0 Å². The van der Waals surface area contributed by atoms with Crippen LogP contribution < -0.4 is 15.4 Å². The monoisotopic (exact) mass is 437 g/mol. The van der Waals surface area contributed by atoms with E-state index in [1.54, 1.807) is 12.4 Å². The second kappa shape index (κ2) is 9.62. The molecule has 0 saturated carbocycles. The van der Waals surface area contributed by atoms with Gasteiger partial charge in [-0.25, -0.2) is 19.9 Å². The number of ether oxygens (including phenoxy) is 1. The fourth-order valence-corrected chi connectivity index (χ4v) is 3.77. The van der Waals surface area contributed by atoms with Crippen molar-refractivity contribution in [3.05, 3.63) is 35.8 Å². The van der Waals surface area contributed by atoms with Crippen LogP contribution in [-0.4, -0.2) is 62.8 Å². The number of aliphatic hydroxyl groups excluding tert-OH is 1. The molecule has 4 rings (SSSR count). The molecule has 0 amide bonds. The molecule has 0 bridgehead atoms. The Bertz CT molecular complexity index is 1090. The van der Waals surface area contributed by atoms with Crippen molar-refractivity contribution in [2.24, 2.45) is 5.92 Å². The number of pyridine rings is 2. The Morgan fingerprint density at radius 2 is 2.09 bits per heavy atom. The number of nitrogens with one attached hydrogen (secondary N) is 2. The topological polar surface area (TPSA) is 108 Å². The Labute approximate surface area is 188 Å². The molecule has 0 spiro atoms. The fourth-order valence-electron chi connectivity index (χ4n) is 3.77. The van der Waals surface area contributed by atoms with Crippen LogP contribution in [0.15, 0.2) is 24.5 Å². The summed E-state index contributed by atoms with van der Waals surface area (Å²) in [6.45, 7) is 8.42. The van der Waals surface area contributed by atoms with E-state index in [1.807, 2.05) is 13.0 Å².